The molecule has 0 radical (unpaired) electrons. The molecule has 9 heteroatoms. The van der Waals surface area contributed by atoms with E-state index in [2.05, 4.69) is 33.4 Å². The van der Waals surface area contributed by atoms with Crippen molar-refractivity contribution in [3.05, 3.63) is 100 Å². The van der Waals surface area contributed by atoms with Crippen LogP contribution in [0.4, 0.5) is 5.69 Å². The first-order valence-corrected chi connectivity index (χ1v) is 18.5. The quantitative estimate of drug-likeness (QED) is 0.265. The van der Waals surface area contributed by atoms with E-state index in [1.165, 1.54) is 53.3 Å². The van der Waals surface area contributed by atoms with Crippen LogP contribution in [0.25, 0.3) is 0 Å². The summed E-state index contributed by atoms with van der Waals surface area (Å²) in [7, 11) is -2.26. The van der Waals surface area contributed by atoms with Crippen LogP contribution >= 0.6 is 15.9 Å². The fourth-order valence-corrected chi connectivity index (χ4v) is 9.68. The number of hydrogen-bond donors (Lipinski definition) is 1. The van der Waals surface area contributed by atoms with E-state index in [-0.39, 0.29) is 17.9 Å². The number of rotatable bonds is 11. The van der Waals surface area contributed by atoms with Gasteiger partial charge >= 0.3 is 0 Å². The van der Waals surface area contributed by atoms with Crippen LogP contribution < -0.4 is 9.62 Å². The number of amides is 2. The molecule has 1 N–H and O–H groups in total. The SMILES string of the molecule is CNC(=O)[C@H](Cc1ccccc1)N(Cc1ccc(Br)cc1)C(=O)CN(c1ccc(C23CC4CC(CC(C4)C2)C3)cc1)S(C)(=O)=O. The van der Waals surface area contributed by atoms with Gasteiger partial charge in [-0.3, -0.25) is 13.9 Å². The number of sulfonamides is 1. The number of hydrogen-bond acceptors (Lipinski definition) is 4. The maximum Gasteiger partial charge on any atom is 0.244 e. The van der Waals surface area contributed by atoms with Gasteiger partial charge in [0, 0.05) is 24.5 Å². The lowest BCUT2D eigenvalue weighted by atomic mass is 9.48. The number of likely N-dealkylation sites (N-methyl/N-ethyl adjacent to an activating group) is 1. The van der Waals surface area contributed by atoms with Gasteiger partial charge in [-0.1, -0.05) is 70.5 Å². The standard InChI is InChI=1S/C36H42BrN3O4S/c1-38-35(42)33(19-25-6-4-3-5-7-25)39(23-26-8-12-31(37)13-9-26)34(41)24-40(45(2,43)44)32-14-10-30(11-15-32)36-20-27-16-28(21-36)18-29(17-27)22-36/h3-15,27-29,33H,16-24H2,1-2H3,(H,38,42)/t27?,28?,29?,33-,36?/m0/s1. The van der Waals surface area contributed by atoms with Crippen LogP contribution in [0, 0.1) is 17.8 Å². The molecule has 1 atom stereocenters. The molecule has 4 aliphatic rings. The zero-order valence-electron chi connectivity index (χ0n) is 26.0. The third kappa shape index (κ3) is 6.99. The summed E-state index contributed by atoms with van der Waals surface area (Å²) in [5.74, 6) is 1.67. The third-order valence-corrected chi connectivity index (χ3v) is 11.9. The zero-order valence-corrected chi connectivity index (χ0v) is 28.4. The van der Waals surface area contributed by atoms with E-state index in [0.29, 0.717) is 12.1 Å². The molecule has 238 valence electrons. The van der Waals surface area contributed by atoms with Gasteiger partial charge in [-0.05, 0) is 103 Å². The second-order valence-electron chi connectivity index (χ2n) is 13.5. The summed E-state index contributed by atoms with van der Waals surface area (Å²) < 4.78 is 28.5. The van der Waals surface area contributed by atoms with Gasteiger partial charge in [-0.2, -0.15) is 0 Å². The highest BCUT2D eigenvalue weighted by atomic mass is 79.9. The predicted molar refractivity (Wildman–Crippen MR) is 181 cm³/mol. The smallest absolute Gasteiger partial charge is 0.244 e. The summed E-state index contributed by atoms with van der Waals surface area (Å²) in [5, 5.41) is 2.72. The fraction of sp³-hybridized carbons (Fsp3) is 0.444. The Morgan fingerprint density at radius 2 is 1.44 bits per heavy atom. The number of benzene rings is 3. The minimum Gasteiger partial charge on any atom is -0.357 e. The van der Waals surface area contributed by atoms with Crippen molar-refractivity contribution in [2.75, 3.05) is 24.2 Å². The first-order valence-electron chi connectivity index (χ1n) is 15.9. The summed E-state index contributed by atoms with van der Waals surface area (Å²) >= 11 is 3.46. The summed E-state index contributed by atoms with van der Waals surface area (Å²) in [5.41, 5.74) is 3.69. The Labute approximate surface area is 275 Å². The number of carbonyl (C=O) groups is 2. The zero-order chi connectivity index (χ0) is 31.8. The largest absolute Gasteiger partial charge is 0.357 e. The minimum atomic E-state index is -3.81. The number of carbonyl (C=O) groups excluding carboxylic acids is 2. The highest BCUT2D eigenvalue weighted by molar-refractivity contribution is 9.10. The number of nitrogens with zero attached hydrogens (tertiary/aromatic N) is 2. The monoisotopic (exact) mass is 691 g/mol. The Kier molecular flexibility index (Phi) is 9.12. The normalized spacial score (nSPS) is 24.2. The molecule has 7 nitrogen and oxygen atoms in total. The van der Waals surface area contributed by atoms with Gasteiger partial charge in [-0.25, -0.2) is 8.42 Å². The molecule has 3 aromatic rings. The van der Waals surface area contributed by atoms with Crippen LogP contribution in [0.3, 0.4) is 0 Å². The Morgan fingerprint density at radius 3 is 1.98 bits per heavy atom. The van der Waals surface area contributed by atoms with Gasteiger partial charge in [0.15, 0.2) is 0 Å². The molecule has 45 heavy (non-hydrogen) atoms. The average molecular weight is 693 g/mol. The van der Waals surface area contributed by atoms with E-state index in [9.17, 15) is 18.0 Å². The number of nitrogens with one attached hydrogen (secondary N) is 1. The Hall–Kier alpha value is -3.17. The van der Waals surface area contributed by atoms with E-state index >= 15 is 0 Å². The van der Waals surface area contributed by atoms with Crippen LogP contribution in [-0.2, 0) is 38.0 Å². The topological polar surface area (TPSA) is 86.8 Å². The maximum atomic E-state index is 14.2. The van der Waals surface area contributed by atoms with E-state index in [4.69, 9.17) is 0 Å². The van der Waals surface area contributed by atoms with Gasteiger partial charge in [0.2, 0.25) is 21.8 Å². The highest BCUT2D eigenvalue weighted by Gasteiger charge is 2.51. The summed E-state index contributed by atoms with van der Waals surface area (Å²) in [6.45, 7) is -0.256. The van der Waals surface area contributed by atoms with Crippen molar-refractivity contribution >= 4 is 43.5 Å². The molecule has 0 unspecified atom stereocenters. The average Bonchev–Trinajstić information content (AvgIpc) is 3.01. The molecular weight excluding hydrogens is 650 g/mol. The Balaban J connectivity index is 1.29. The predicted octanol–water partition coefficient (Wildman–Crippen LogP) is 6.07. The van der Waals surface area contributed by atoms with Crippen molar-refractivity contribution in [3.63, 3.8) is 0 Å². The second-order valence-corrected chi connectivity index (χ2v) is 16.3. The maximum absolute atomic E-state index is 14.2. The molecule has 4 bridgehead atoms. The lowest BCUT2D eigenvalue weighted by Crippen LogP contribution is -2.52. The molecule has 0 saturated heterocycles. The molecule has 4 fully saturated rings. The third-order valence-electron chi connectivity index (χ3n) is 10.3. The Bertz CT molecular complexity index is 1590. The van der Waals surface area contributed by atoms with Crippen LogP contribution in [0.1, 0.15) is 55.2 Å². The van der Waals surface area contributed by atoms with Crippen molar-refractivity contribution in [1.82, 2.24) is 10.2 Å². The highest BCUT2D eigenvalue weighted by Crippen LogP contribution is 2.60. The molecular formula is C36H42BrN3O4S. The van der Waals surface area contributed by atoms with Gasteiger partial charge in [-0.15, -0.1) is 0 Å². The minimum absolute atomic E-state index is 0.152. The second kappa shape index (κ2) is 12.9. The lowest BCUT2D eigenvalue weighted by Gasteiger charge is -2.57. The first-order chi connectivity index (χ1) is 21.5. The van der Waals surface area contributed by atoms with Crippen molar-refractivity contribution in [2.24, 2.45) is 17.8 Å². The molecule has 0 heterocycles. The number of anilines is 1. The fourth-order valence-electron chi connectivity index (χ4n) is 8.57. The van der Waals surface area contributed by atoms with Crippen molar-refractivity contribution in [2.45, 2.75) is 62.9 Å². The van der Waals surface area contributed by atoms with Crippen LogP contribution in [0.2, 0.25) is 0 Å². The van der Waals surface area contributed by atoms with Crippen molar-refractivity contribution in [1.29, 1.82) is 0 Å². The van der Waals surface area contributed by atoms with Crippen molar-refractivity contribution in [3.8, 4) is 0 Å². The summed E-state index contributed by atoms with van der Waals surface area (Å²) in [6, 6.07) is 24.2. The molecule has 4 saturated carbocycles. The van der Waals surface area contributed by atoms with Crippen LogP contribution in [-0.4, -0.2) is 51.0 Å². The molecule has 7 rings (SSSR count). The molecule has 4 aliphatic carbocycles. The van der Waals surface area contributed by atoms with Gasteiger partial charge < -0.3 is 10.2 Å². The first kappa shape index (κ1) is 31.8. The van der Waals surface area contributed by atoms with Crippen molar-refractivity contribution < 1.29 is 18.0 Å². The van der Waals surface area contributed by atoms with Gasteiger partial charge in [0.1, 0.15) is 12.6 Å². The van der Waals surface area contributed by atoms with Gasteiger partial charge in [0.05, 0.1) is 11.9 Å². The summed E-state index contributed by atoms with van der Waals surface area (Å²) in [6.07, 6.45) is 9.17. The molecule has 3 aromatic carbocycles. The van der Waals surface area contributed by atoms with E-state index in [1.807, 2.05) is 66.7 Å². The molecule has 0 spiro atoms. The number of halogens is 1. The van der Waals surface area contributed by atoms with E-state index in [1.54, 1.807) is 7.05 Å². The van der Waals surface area contributed by atoms with E-state index < -0.39 is 28.5 Å². The molecule has 0 aromatic heterocycles. The lowest BCUT2D eigenvalue weighted by molar-refractivity contribution is -0.139. The van der Waals surface area contributed by atoms with Gasteiger partial charge in [0.25, 0.3) is 0 Å². The van der Waals surface area contributed by atoms with E-state index in [0.717, 1.165) is 39.6 Å². The Morgan fingerprint density at radius 1 is 0.867 bits per heavy atom. The molecule has 0 aliphatic heterocycles. The summed E-state index contributed by atoms with van der Waals surface area (Å²) in [4.78, 5) is 29.1. The molecule has 2 amide bonds. The van der Waals surface area contributed by atoms with Crippen LogP contribution in [0.15, 0.2) is 83.3 Å². The van der Waals surface area contributed by atoms with Crippen LogP contribution in [0.5, 0.6) is 0 Å².